The molecule has 0 amide bonds. The van der Waals surface area contributed by atoms with Crippen LogP contribution in [0.3, 0.4) is 0 Å². The number of nitrogens with zero attached hydrogens (tertiary/aromatic N) is 1. The molecular weight excluding hydrogens is 252 g/mol. The number of anilines is 1. The molecule has 0 saturated carbocycles. The van der Waals surface area contributed by atoms with Crippen LogP contribution in [0.25, 0.3) is 0 Å². The van der Waals surface area contributed by atoms with Crippen LogP contribution in [0.5, 0.6) is 0 Å². The van der Waals surface area contributed by atoms with Gasteiger partial charge in [-0.05, 0) is 37.1 Å². The van der Waals surface area contributed by atoms with E-state index in [0.717, 1.165) is 44.8 Å². The molecule has 0 heterocycles. The highest BCUT2D eigenvalue weighted by atomic mass is 16.5. The quantitative estimate of drug-likeness (QED) is 0.500. The zero-order chi connectivity index (χ0) is 14.6. The van der Waals surface area contributed by atoms with E-state index >= 15 is 0 Å². The first-order chi connectivity index (χ1) is 9.76. The highest BCUT2D eigenvalue weighted by Gasteiger charge is 2.05. The van der Waals surface area contributed by atoms with Crippen molar-refractivity contribution >= 4 is 5.69 Å². The fourth-order valence-corrected chi connectivity index (χ4v) is 2.17. The number of ether oxygens (including phenoxy) is 2. The molecule has 0 aliphatic heterocycles. The van der Waals surface area contributed by atoms with Crippen LogP contribution in [0.15, 0.2) is 24.3 Å². The second-order valence-corrected chi connectivity index (χ2v) is 4.98. The Morgan fingerprint density at radius 3 is 2.70 bits per heavy atom. The third kappa shape index (κ3) is 7.48. The standard InChI is InChI=1S/C16H28N2O2/c1-3-8-18(9-5-10-20-12-11-19-2)14-15-6-4-7-16(17)13-15/h4,6-7,13H,3,5,8-12,14,17H2,1-2H3. The van der Waals surface area contributed by atoms with Gasteiger partial charge in [0.15, 0.2) is 0 Å². The highest BCUT2D eigenvalue weighted by Crippen LogP contribution is 2.10. The first-order valence-corrected chi connectivity index (χ1v) is 7.39. The van der Waals surface area contributed by atoms with Gasteiger partial charge in [0, 0.05) is 32.5 Å². The topological polar surface area (TPSA) is 47.7 Å². The lowest BCUT2D eigenvalue weighted by atomic mass is 10.2. The molecule has 1 aromatic rings. The smallest absolute Gasteiger partial charge is 0.0700 e. The molecule has 20 heavy (non-hydrogen) atoms. The normalized spacial score (nSPS) is 11.2. The van der Waals surface area contributed by atoms with E-state index in [2.05, 4.69) is 24.0 Å². The summed E-state index contributed by atoms with van der Waals surface area (Å²) in [5, 5.41) is 0. The maximum absolute atomic E-state index is 5.83. The van der Waals surface area contributed by atoms with E-state index in [9.17, 15) is 0 Å². The Kier molecular flexibility index (Phi) is 9.04. The van der Waals surface area contributed by atoms with Crippen LogP contribution in [0, 0.1) is 0 Å². The number of nitrogen functional groups attached to an aromatic ring is 1. The van der Waals surface area contributed by atoms with Gasteiger partial charge in [-0.25, -0.2) is 0 Å². The zero-order valence-corrected chi connectivity index (χ0v) is 12.8. The Morgan fingerprint density at radius 2 is 2.00 bits per heavy atom. The lowest BCUT2D eigenvalue weighted by molar-refractivity contribution is 0.0648. The number of nitrogens with two attached hydrogens (primary N) is 1. The molecule has 0 aliphatic carbocycles. The summed E-state index contributed by atoms with van der Waals surface area (Å²) in [5.74, 6) is 0. The molecule has 0 atom stereocenters. The molecule has 0 bridgehead atoms. The van der Waals surface area contributed by atoms with Crippen molar-refractivity contribution < 1.29 is 9.47 Å². The molecule has 0 aliphatic rings. The minimum absolute atomic E-state index is 0.669. The van der Waals surface area contributed by atoms with E-state index in [1.165, 1.54) is 5.56 Å². The van der Waals surface area contributed by atoms with Crippen LogP contribution in [0.1, 0.15) is 25.3 Å². The van der Waals surface area contributed by atoms with E-state index < -0.39 is 0 Å². The summed E-state index contributed by atoms with van der Waals surface area (Å²) in [6.07, 6.45) is 2.21. The first kappa shape index (κ1) is 17.0. The van der Waals surface area contributed by atoms with Crippen molar-refractivity contribution in [3.05, 3.63) is 29.8 Å². The molecule has 2 N–H and O–H groups in total. The van der Waals surface area contributed by atoms with Crippen LogP contribution >= 0.6 is 0 Å². The summed E-state index contributed by atoms with van der Waals surface area (Å²) in [5.41, 5.74) is 7.94. The van der Waals surface area contributed by atoms with Crippen molar-refractivity contribution in [3.63, 3.8) is 0 Å². The average Bonchev–Trinajstić information content (AvgIpc) is 2.43. The van der Waals surface area contributed by atoms with Crippen LogP contribution < -0.4 is 5.73 Å². The Morgan fingerprint density at radius 1 is 1.15 bits per heavy atom. The van der Waals surface area contributed by atoms with Gasteiger partial charge in [-0.15, -0.1) is 0 Å². The van der Waals surface area contributed by atoms with Gasteiger partial charge in [0.2, 0.25) is 0 Å². The predicted octanol–water partition coefficient (Wildman–Crippen LogP) is 2.53. The van der Waals surface area contributed by atoms with Crippen LogP contribution in [0.2, 0.25) is 0 Å². The van der Waals surface area contributed by atoms with Gasteiger partial charge in [-0.1, -0.05) is 19.1 Å². The molecule has 0 unspecified atom stereocenters. The predicted molar refractivity (Wildman–Crippen MR) is 83.7 cm³/mol. The maximum Gasteiger partial charge on any atom is 0.0700 e. The van der Waals surface area contributed by atoms with Crippen molar-refractivity contribution in [1.82, 2.24) is 4.90 Å². The number of hydrogen-bond acceptors (Lipinski definition) is 4. The summed E-state index contributed by atoms with van der Waals surface area (Å²) in [7, 11) is 1.69. The zero-order valence-electron chi connectivity index (χ0n) is 12.8. The largest absolute Gasteiger partial charge is 0.399 e. The molecule has 114 valence electrons. The Labute approximate surface area is 122 Å². The molecule has 1 rings (SSSR count). The summed E-state index contributed by atoms with van der Waals surface area (Å²) in [6.45, 7) is 7.46. The van der Waals surface area contributed by atoms with E-state index in [0.29, 0.717) is 13.2 Å². The summed E-state index contributed by atoms with van der Waals surface area (Å²) < 4.78 is 10.5. The molecule has 0 saturated heterocycles. The molecular formula is C16H28N2O2. The van der Waals surface area contributed by atoms with Gasteiger partial charge in [-0.2, -0.15) is 0 Å². The number of methoxy groups -OCH3 is 1. The van der Waals surface area contributed by atoms with E-state index in [1.54, 1.807) is 7.11 Å². The van der Waals surface area contributed by atoms with Crippen LogP contribution in [-0.4, -0.2) is 44.9 Å². The first-order valence-electron chi connectivity index (χ1n) is 7.39. The van der Waals surface area contributed by atoms with Gasteiger partial charge in [0.1, 0.15) is 0 Å². The van der Waals surface area contributed by atoms with Crippen molar-refractivity contribution in [3.8, 4) is 0 Å². The molecule has 4 nitrogen and oxygen atoms in total. The SMILES string of the molecule is CCCN(CCCOCCOC)Cc1cccc(N)c1. The minimum Gasteiger partial charge on any atom is -0.399 e. The molecule has 0 radical (unpaired) electrons. The second-order valence-electron chi connectivity index (χ2n) is 4.98. The average molecular weight is 280 g/mol. The van der Waals surface area contributed by atoms with E-state index in [-0.39, 0.29) is 0 Å². The molecule has 1 aromatic carbocycles. The number of hydrogen-bond donors (Lipinski definition) is 1. The van der Waals surface area contributed by atoms with E-state index in [1.807, 2.05) is 12.1 Å². The monoisotopic (exact) mass is 280 g/mol. The van der Waals surface area contributed by atoms with Crippen LogP contribution in [-0.2, 0) is 16.0 Å². The summed E-state index contributed by atoms with van der Waals surface area (Å²) in [6, 6.07) is 8.13. The van der Waals surface area contributed by atoms with Crippen molar-refractivity contribution in [2.24, 2.45) is 0 Å². The van der Waals surface area contributed by atoms with Gasteiger partial charge in [0.25, 0.3) is 0 Å². The fraction of sp³-hybridized carbons (Fsp3) is 0.625. The van der Waals surface area contributed by atoms with Gasteiger partial charge in [-0.3, -0.25) is 4.90 Å². The number of rotatable bonds is 11. The van der Waals surface area contributed by atoms with Crippen molar-refractivity contribution in [2.75, 3.05) is 45.8 Å². The highest BCUT2D eigenvalue weighted by molar-refractivity contribution is 5.40. The Balaban J connectivity index is 2.29. The van der Waals surface area contributed by atoms with E-state index in [4.69, 9.17) is 15.2 Å². The van der Waals surface area contributed by atoms with Crippen molar-refractivity contribution in [2.45, 2.75) is 26.3 Å². The van der Waals surface area contributed by atoms with Gasteiger partial charge >= 0.3 is 0 Å². The maximum atomic E-state index is 5.83. The van der Waals surface area contributed by atoms with Crippen molar-refractivity contribution in [1.29, 1.82) is 0 Å². The third-order valence-corrected chi connectivity index (χ3v) is 3.09. The third-order valence-electron chi connectivity index (χ3n) is 3.09. The minimum atomic E-state index is 0.669. The molecule has 0 aromatic heterocycles. The fourth-order valence-electron chi connectivity index (χ4n) is 2.17. The summed E-state index contributed by atoms with van der Waals surface area (Å²) >= 11 is 0. The lowest BCUT2D eigenvalue weighted by Crippen LogP contribution is -2.26. The Hall–Kier alpha value is -1.10. The second kappa shape index (κ2) is 10.7. The lowest BCUT2D eigenvalue weighted by Gasteiger charge is -2.22. The molecule has 0 spiro atoms. The molecule has 0 fully saturated rings. The number of benzene rings is 1. The van der Waals surface area contributed by atoms with Gasteiger partial charge in [0.05, 0.1) is 13.2 Å². The summed E-state index contributed by atoms with van der Waals surface area (Å²) in [4.78, 5) is 2.45. The Bertz CT molecular complexity index is 358. The van der Waals surface area contributed by atoms with Crippen LogP contribution in [0.4, 0.5) is 5.69 Å². The van der Waals surface area contributed by atoms with Gasteiger partial charge < -0.3 is 15.2 Å². The molecule has 4 heteroatoms.